The van der Waals surface area contributed by atoms with Crippen molar-refractivity contribution in [1.82, 2.24) is 4.90 Å². The van der Waals surface area contributed by atoms with Gasteiger partial charge in [0.15, 0.2) is 11.6 Å². The lowest BCUT2D eigenvalue weighted by Crippen LogP contribution is -2.74. The van der Waals surface area contributed by atoms with E-state index in [9.17, 15) is 24.8 Å². The first kappa shape index (κ1) is 30.2. The summed E-state index contributed by atoms with van der Waals surface area (Å²) in [5.41, 5.74) is -3.95. The van der Waals surface area contributed by atoms with Gasteiger partial charge in [-0.05, 0) is 79.8 Å². The van der Waals surface area contributed by atoms with Crippen molar-refractivity contribution in [1.29, 1.82) is 5.26 Å². The summed E-state index contributed by atoms with van der Waals surface area (Å²) < 4.78 is 0. The van der Waals surface area contributed by atoms with Crippen molar-refractivity contribution in [3.05, 3.63) is 23.3 Å². The minimum atomic E-state index is -1.60. The van der Waals surface area contributed by atoms with Crippen molar-refractivity contribution < 1.29 is 19.5 Å². The molecule has 5 aliphatic carbocycles. The normalized spacial score (nSPS) is 46.6. The Bertz CT molecular complexity index is 1320. The zero-order chi connectivity index (χ0) is 30.6. The summed E-state index contributed by atoms with van der Waals surface area (Å²) in [6.07, 6.45) is 9.65. The predicted octanol–water partition coefficient (Wildman–Crippen LogP) is 6.19. The highest BCUT2D eigenvalue weighted by Crippen LogP contribution is 2.75. The SMILES string of the molecule is CCCN(C)C(=O)[C@@]1(C)CC[C@]2(C)CC[C@@]3(C)[C@]4(C)CC[C@H]5C(C)(C)C(=O)C(C#N)=C[C@]5(C)C4=CC(=O)[C@]3(O)[C@@H]2C1. The van der Waals surface area contributed by atoms with Crippen molar-refractivity contribution in [2.45, 2.75) is 112 Å². The zero-order valence-electron chi connectivity index (χ0n) is 26.7. The van der Waals surface area contributed by atoms with Crippen molar-refractivity contribution in [3.63, 3.8) is 0 Å². The Labute approximate surface area is 246 Å². The second kappa shape index (κ2) is 8.88. The number of nitriles is 1. The molecule has 6 heteroatoms. The molecule has 0 aromatic heterocycles. The first-order valence-corrected chi connectivity index (χ1v) is 15.8. The molecule has 3 fully saturated rings. The van der Waals surface area contributed by atoms with Crippen molar-refractivity contribution >= 4 is 17.5 Å². The van der Waals surface area contributed by atoms with Crippen LogP contribution in [0.1, 0.15) is 107 Å². The van der Waals surface area contributed by atoms with E-state index in [1.165, 1.54) is 0 Å². The zero-order valence-corrected chi connectivity index (χ0v) is 26.7. The monoisotopic (exact) mass is 562 g/mol. The molecule has 0 unspecified atom stereocenters. The number of ketones is 2. The molecule has 1 amide bonds. The average molecular weight is 563 g/mol. The van der Waals surface area contributed by atoms with Gasteiger partial charge in [-0.2, -0.15) is 5.26 Å². The summed E-state index contributed by atoms with van der Waals surface area (Å²) in [4.78, 5) is 43.4. The third-order valence-electron chi connectivity index (χ3n) is 13.7. The van der Waals surface area contributed by atoms with Gasteiger partial charge < -0.3 is 10.0 Å². The molecule has 0 aromatic carbocycles. The van der Waals surface area contributed by atoms with Gasteiger partial charge in [0.05, 0.1) is 5.57 Å². The van der Waals surface area contributed by atoms with E-state index in [1.807, 2.05) is 38.8 Å². The lowest BCUT2D eigenvalue weighted by Gasteiger charge is -2.71. The van der Waals surface area contributed by atoms with Crippen LogP contribution in [0.4, 0.5) is 0 Å². The Kier molecular flexibility index (Phi) is 6.54. The lowest BCUT2D eigenvalue weighted by molar-refractivity contribution is -0.243. The maximum atomic E-state index is 14.6. The van der Waals surface area contributed by atoms with Crippen LogP contribution in [-0.2, 0) is 14.4 Å². The van der Waals surface area contributed by atoms with Crippen molar-refractivity contribution in [2.75, 3.05) is 13.6 Å². The van der Waals surface area contributed by atoms with Crippen LogP contribution in [0.3, 0.4) is 0 Å². The van der Waals surface area contributed by atoms with Crippen molar-refractivity contribution in [3.8, 4) is 6.07 Å². The molecule has 1 N–H and O–H groups in total. The standard InChI is InChI=1S/C35H50N2O4/c1-10-17-37(9)28(40)31(5)14-13-30(4)15-16-34(8)33(7)12-11-23-29(2,3)27(39)22(21-36)19-32(23,6)24(33)18-26(38)35(34,41)25(30)20-31/h18-19,23,25,41H,10-17,20H2,1-9H3/t23-,25+,30+,31-,32-,33+,34-,35+/m0/s1. The Hall–Kier alpha value is -2.26. The molecule has 41 heavy (non-hydrogen) atoms. The van der Waals surface area contributed by atoms with Crippen LogP contribution < -0.4 is 0 Å². The first-order chi connectivity index (χ1) is 18.8. The molecule has 3 saturated carbocycles. The van der Waals surface area contributed by atoms with Gasteiger partial charge in [0.2, 0.25) is 5.91 Å². The fourth-order valence-electron chi connectivity index (χ4n) is 10.8. The summed E-state index contributed by atoms with van der Waals surface area (Å²) in [5, 5.41) is 22.9. The van der Waals surface area contributed by atoms with Crippen LogP contribution in [0.5, 0.6) is 0 Å². The highest BCUT2D eigenvalue weighted by atomic mass is 16.3. The van der Waals surface area contributed by atoms with Crippen LogP contribution >= 0.6 is 0 Å². The molecule has 5 aliphatic rings. The van der Waals surface area contributed by atoms with Gasteiger partial charge in [-0.1, -0.05) is 61.5 Å². The number of amides is 1. The second-order valence-electron chi connectivity index (χ2n) is 16.1. The molecule has 224 valence electrons. The molecular formula is C35H50N2O4. The van der Waals surface area contributed by atoms with Gasteiger partial charge in [0.1, 0.15) is 11.7 Å². The number of rotatable bonds is 3. The molecule has 0 saturated heterocycles. The van der Waals surface area contributed by atoms with Gasteiger partial charge in [-0.25, -0.2) is 0 Å². The number of Topliss-reactive ketones (excluding diaryl/α,β-unsaturated/α-hetero) is 1. The van der Waals surface area contributed by atoms with Gasteiger partial charge in [-0.15, -0.1) is 0 Å². The number of allylic oxidation sites excluding steroid dienone is 3. The van der Waals surface area contributed by atoms with Gasteiger partial charge >= 0.3 is 0 Å². The number of carbonyl (C=O) groups is 3. The third kappa shape index (κ3) is 3.54. The van der Waals surface area contributed by atoms with Crippen LogP contribution in [0.2, 0.25) is 0 Å². The highest BCUT2D eigenvalue weighted by Gasteiger charge is 2.75. The minimum Gasteiger partial charge on any atom is -0.381 e. The van der Waals surface area contributed by atoms with Gasteiger partial charge in [0, 0.05) is 41.2 Å². The maximum Gasteiger partial charge on any atom is 0.228 e. The van der Waals surface area contributed by atoms with Crippen molar-refractivity contribution in [2.24, 2.45) is 44.3 Å². The van der Waals surface area contributed by atoms with E-state index in [1.54, 1.807) is 6.08 Å². The Morgan fingerprint density at radius 2 is 1.66 bits per heavy atom. The Morgan fingerprint density at radius 1 is 1.02 bits per heavy atom. The minimum absolute atomic E-state index is 0.0416. The molecule has 8 atom stereocenters. The number of hydrogen-bond donors (Lipinski definition) is 1. The Morgan fingerprint density at radius 3 is 2.27 bits per heavy atom. The lowest BCUT2D eigenvalue weighted by atomic mass is 9.33. The summed E-state index contributed by atoms with van der Waals surface area (Å²) in [7, 11) is 1.87. The second-order valence-corrected chi connectivity index (χ2v) is 16.1. The molecule has 0 aromatic rings. The van der Waals surface area contributed by atoms with E-state index in [0.29, 0.717) is 19.4 Å². The highest BCUT2D eigenvalue weighted by molar-refractivity contribution is 6.05. The van der Waals surface area contributed by atoms with Crippen LogP contribution in [-0.4, -0.2) is 46.7 Å². The third-order valence-corrected chi connectivity index (χ3v) is 13.7. The van der Waals surface area contributed by atoms with Gasteiger partial charge in [-0.3, -0.25) is 14.4 Å². The largest absolute Gasteiger partial charge is 0.381 e. The molecule has 0 spiro atoms. The predicted molar refractivity (Wildman–Crippen MR) is 158 cm³/mol. The summed E-state index contributed by atoms with van der Waals surface area (Å²) in [6, 6.07) is 2.15. The summed E-state index contributed by atoms with van der Waals surface area (Å²) in [6.45, 7) is 17.3. The quantitative estimate of drug-likeness (QED) is 0.442. The molecule has 0 radical (unpaired) electrons. The van der Waals surface area contributed by atoms with Gasteiger partial charge in [0.25, 0.3) is 0 Å². The van der Waals surface area contributed by atoms with Crippen LogP contribution in [0.15, 0.2) is 23.3 Å². The van der Waals surface area contributed by atoms with E-state index in [-0.39, 0.29) is 40.3 Å². The first-order valence-electron chi connectivity index (χ1n) is 15.8. The fourth-order valence-corrected chi connectivity index (χ4v) is 10.8. The summed E-state index contributed by atoms with van der Waals surface area (Å²) >= 11 is 0. The average Bonchev–Trinajstić information content (AvgIpc) is 2.91. The van der Waals surface area contributed by atoms with E-state index in [2.05, 4.69) is 40.7 Å². The van der Waals surface area contributed by atoms with Crippen LogP contribution in [0, 0.1) is 55.7 Å². The maximum absolute atomic E-state index is 14.6. The number of fused-ring (bicyclic) bond motifs is 7. The molecular weight excluding hydrogens is 512 g/mol. The summed E-state index contributed by atoms with van der Waals surface area (Å²) in [5.74, 6) is -0.650. The molecule has 6 nitrogen and oxygen atoms in total. The number of carbonyl (C=O) groups excluding carboxylic acids is 3. The molecule has 0 bridgehead atoms. The fraction of sp³-hybridized carbons (Fsp3) is 0.771. The smallest absolute Gasteiger partial charge is 0.228 e. The Balaban J connectivity index is 1.66. The number of nitrogens with zero attached hydrogens (tertiary/aromatic N) is 2. The molecule has 5 rings (SSSR count). The van der Waals surface area contributed by atoms with E-state index < -0.39 is 32.7 Å². The van der Waals surface area contributed by atoms with Crippen LogP contribution in [0.25, 0.3) is 0 Å². The number of hydrogen-bond acceptors (Lipinski definition) is 5. The van der Waals surface area contributed by atoms with E-state index >= 15 is 0 Å². The van der Waals surface area contributed by atoms with E-state index in [0.717, 1.165) is 44.1 Å². The number of aliphatic hydroxyl groups is 1. The molecule has 0 aliphatic heterocycles. The van der Waals surface area contributed by atoms with E-state index in [4.69, 9.17) is 0 Å². The topological polar surface area (TPSA) is 98.5 Å². The molecule has 0 heterocycles.